The Morgan fingerprint density at radius 2 is 2.21 bits per heavy atom. The SMILES string of the molecule is C=C/C=C(\C=C)C(=O)c1ccc(O)cc1OC1CO1. The molecule has 1 unspecified atom stereocenters. The third-order valence-electron chi connectivity index (χ3n) is 2.55. The molecule has 0 aliphatic carbocycles. The van der Waals surface area contributed by atoms with Crippen molar-refractivity contribution >= 4 is 5.78 Å². The molecule has 4 heteroatoms. The fourth-order valence-electron chi connectivity index (χ4n) is 1.56. The number of aromatic hydroxyl groups is 1. The van der Waals surface area contributed by atoms with Gasteiger partial charge in [-0.3, -0.25) is 4.79 Å². The van der Waals surface area contributed by atoms with Gasteiger partial charge in [-0.2, -0.15) is 0 Å². The molecule has 0 amide bonds. The fourth-order valence-corrected chi connectivity index (χ4v) is 1.56. The van der Waals surface area contributed by atoms with E-state index in [9.17, 15) is 9.90 Å². The maximum Gasteiger partial charge on any atom is 0.223 e. The Bertz CT molecular complexity index is 553. The summed E-state index contributed by atoms with van der Waals surface area (Å²) < 4.78 is 10.4. The topological polar surface area (TPSA) is 59.1 Å². The summed E-state index contributed by atoms with van der Waals surface area (Å²) in [6.07, 6.45) is 4.19. The van der Waals surface area contributed by atoms with Crippen LogP contribution in [0.2, 0.25) is 0 Å². The smallest absolute Gasteiger partial charge is 0.223 e. The van der Waals surface area contributed by atoms with E-state index in [1.54, 1.807) is 6.08 Å². The van der Waals surface area contributed by atoms with Crippen molar-refractivity contribution < 1.29 is 19.4 Å². The maximum atomic E-state index is 12.3. The molecular formula is C15H14O4. The molecule has 1 aromatic rings. The van der Waals surface area contributed by atoms with Crippen LogP contribution in [0.3, 0.4) is 0 Å². The van der Waals surface area contributed by atoms with Gasteiger partial charge < -0.3 is 14.6 Å². The number of epoxide rings is 1. The number of phenolic OH excluding ortho intramolecular Hbond substituents is 1. The summed E-state index contributed by atoms with van der Waals surface area (Å²) in [7, 11) is 0. The van der Waals surface area contributed by atoms with E-state index in [2.05, 4.69) is 13.2 Å². The quantitative estimate of drug-likeness (QED) is 0.369. The molecule has 98 valence electrons. The number of Topliss-reactive ketones (excluding diaryl/α,β-unsaturated/α-hetero) is 1. The van der Waals surface area contributed by atoms with Gasteiger partial charge in [-0.1, -0.05) is 31.4 Å². The van der Waals surface area contributed by atoms with Crippen LogP contribution in [0.4, 0.5) is 0 Å². The van der Waals surface area contributed by atoms with Crippen molar-refractivity contribution in [3.05, 3.63) is 60.7 Å². The molecule has 1 aromatic carbocycles. The number of rotatable bonds is 6. The van der Waals surface area contributed by atoms with Gasteiger partial charge >= 0.3 is 0 Å². The van der Waals surface area contributed by atoms with Crippen LogP contribution in [-0.4, -0.2) is 23.8 Å². The van der Waals surface area contributed by atoms with Crippen molar-refractivity contribution in [2.45, 2.75) is 6.29 Å². The predicted octanol–water partition coefficient (Wildman–Crippen LogP) is 2.61. The number of ketones is 1. The minimum absolute atomic E-state index is 0.0278. The highest BCUT2D eigenvalue weighted by Gasteiger charge is 2.27. The summed E-state index contributed by atoms with van der Waals surface area (Å²) in [5, 5.41) is 9.47. The molecule has 19 heavy (non-hydrogen) atoms. The molecule has 0 radical (unpaired) electrons. The van der Waals surface area contributed by atoms with Crippen LogP contribution in [0.5, 0.6) is 11.5 Å². The fraction of sp³-hybridized carbons (Fsp3) is 0.133. The standard InChI is InChI=1S/C15H14O4/c1-3-5-10(4-2)15(17)12-7-6-11(16)8-13(12)19-14-9-18-14/h3-8,14,16H,1-2,9H2/b10-5+. The van der Waals surface area contributed by atoms with E-state index in [-0.39, 0.29) is 17.8 Å². The number of allylic oxidation sites excluding steroid dienone is 4. The molecule has 4 nitrogen and oxygen atoms in total. The highest BCUT2D eigenvalue weighted by atomic mass is 16.8. The Hall–Kier alpha value is -2.33. The van der Waals surface area contributed by atoms with E-state index < -0.39 is 0 Å². The normalized spacial score (nSPS) is 17.7. The molecule has 1 saturated heterocycles. The first kappa shape index (κ1) is 13.1. The van der Waals surface area contributed by atoms with E-state index in [1.165, 1.54) is 30.4 Å². The van der Waals surface area contributed by atoms with Gasteiger partial charge in [-0.05, 0) is 12.1 Å². The van der Waals surface area contributed by atoms with Crippen molar-refractivity contribution in [3.63, 3.8) is 0 Å². The van der Waals surface area contributed by atoms with Crippen molar-refractivity contribution in [3.8, 4) is 11.5 Å². The second-order valence-electron chi connectivity index (χ2n) is 3.95. The molecule has 1 N–H and O–H groups in total. The van der Waals surface area contributed by atoms with Crippen molar-refractivity contribution in [1.29, 1.82) is 0 Å². The van der Waals surface area contributed by atoms with Gasteiger partial charge in [-0.25, -0.2) is 0 Å². The van der Waals surface area contributed by atoms with Gasteiger partial charge in [0.05, 0.1) is 5.56 Å². The highest BCUT2D eigenvalue weighted by molar-refractivity contribution is 6.12. The average Bonchev–Trinajstić information content (AvgIpc) is 3.19. The number of benzene rings is 1. The van der Waals surface area contributed by atoms with Crippen molar-refractivity contribution in [2.75, 3.05) is 6.61 Å². The molecule has 1 atom stereocenters. The lowest BCUT2D eigenvalue weighted by Gasteiger charge is -2.09. The molecule has 0 spiro atoms. The van der Waals surface area contributed by atoms with Gasteiger partial charge in [0.2, 0.25) is 6.29 Å². The summed E-state index contributed by atoms with van der Waals surface area (Å²) >= 11 is 0. The minimum atomic E-state index is -0.344. The first-order valence-corrected chi connectivity index (χ1v) is 5.77. The monoisotopic (exact) mass is 258 g/mol. The zero-order valence-corrected chi connectivity index (χ0v) is 10.3. The molecule has 0 saturated carbocycles. The van der Waals surface area contributed by atoms with E-state index in [0.717, 1.165) is 0 Å². The first-order chi connectivity index (χ1) is 9.15. The van der Waals surface area contributed by atoms with Crippen LogP contribution in [0, 0.1) is 0 Å². The summed E-state index contributed by atoms with van der Waals surface area (Å²) in [6, 6.07) is 4.34. The first-order valence-electron chi connectivity index (χ1n) is 5.77. The third-order valence-corrected chi connectivity index (χ3v) is 2.55. The summed E-state index contributed by atoms with van der Waals surface area (Å²) in [4.78, 5) is 12.3. The molecule has 0 bridgehead atoms. The molecule has 2 rings (SSSR count). The van der Waals surface area contributed by atoms with Gasteiger partial charge in [-0.15, -0.1) is 0 Å². The number of ether oxygens (including phenoxy) is 2. The molecule has 1 heterocycles. The Labute approximate surface area is 111 Å². The lowest BCUT2D eigenvalue weighted by Crippen LogP contribution is -2.07. The van der Waals surface area contributed by atoms with Crippen LogP contribution in [-0.2, 0) is 4.74 Å². The highest BCUT2D eigenvalue weighted by Crippen LogP contribution is 2.29. The Kier molecular flexibility index (Phi) is 3.82. The second-order valence-corrected chi connectivity index (χ2v) is 3.95. The van der Waals surface area contributed by atoms with E-state index in [1.807, 2.05) is 0 Å². The van der Waals surface area contributed by atoms with Gasteiger partial charge in [0.1, 0.15) is 18.1 Å². The summed E-state index contributed by atoms with van der Waals surface area (Å²) in [6.45, 7) is 7.63. The largest absolute Gasteiger partial charge is 0.508 e. The predicted molar refractivity (Wildman–Crippen MR) is 71.3 cm³/mol. The zero-order valence-electron chi connectivity index (χ0n) is 10.3. The Morgan fingerprint density at radius 1 is 1.47 bits per heavy atom. The second kappa shape index (κ2) is 5.54. The zero-order chi connectivity index (χ0) is 13.8. The van der Waals surface area contributed by atoms with Crippen LogP contribution < -0.4 is 4.74 Å². The van der Waals surface area contributed by atoms with E-state index in [4.69, 9.17) is 9.47 Å². The Balaban J connectivity index is 2.36. The molecule has 0 aromatic heterocycles. The van der Waals surface area contributed by atoms with Gasteiger partial charge in [0, 0.05) is 11.6 Å². The minimum Gasteiger partial charge on any atom is -0.508 e. The Morgan fingerprint density at radius 3 is 2.79 bits per heavy atom. The average molecular weight is 258 g/mol. The van der Waals surface area contributed by atoms with E-state index in [0.29, 0.717) is 23.5 Å². The maximum absolute atomic E-state index is 12.3. The van der Waals surface area contributed by atoms with Crippen LogP contribution in [0.15, 0.2) is 55.2 Å². The molecular weight excluding hydrogens is 244 g/mol. The number of hydrogen-bond donors (Lipinski definition) is 1. The van der Waals surface area contributed by atoms with Crippen molar-refractivity contribution in [1.82, 2.24) is 0 Å². The van der Waals surface area contributed by atoms with Gasteiger partial charge in [0.15, 0.2) is 5.78 Å². The summed E-state index contributed by atoms with van der Waals surface area (Å²) in [5.74, 6) is 0.0786. The summed E-state index contributed by atoms with van der Waals surface area (Å²) in [5.41, 5.74) is 0.753. The molecule has 1 fully saturated rings. The lowest BCUT2D eigenvalue weighted by molar-refractivity contribution is 0.103. The van der Waals surface area contributed by atoms with Crippen LogP contribution in [0.1, 0.15) is 10.4 Å². The number of hydrogen-bond acceptors (Lipinski definition) is 4. The third kappa shape index (κ3) is 3.11. The van der Waals surface area contributed by atoms with E-state index >= 15 is 0 Å². The molecule has 1 aliphatic rings. The number of carbonyl (C=O) groups is 1. The number of carbonyl (C=O) groups excluding carboxylic acids is 1. The molecule has 1 aliphatic heterocycles. The van der Waals surface area contributed by atoms with Crippen LogP contribution in [0.25, 0.3) is 0 Å². The number of phenols is 1. The van der Waals surface area contributed by atoms with Crippen LogP contribution >= 0.6 is 0 Å². The van der Waals surface area contributed by atoms with Crippen molar-refractivity contribution in [2.24, 2.45) is 0 Å². The lowest BCUT2D eigenvalue weighted by atomic mass is 10.0. The van der Waals surface area contributed by atoms with Gasteiger partial charge in [0.25, 0.3) is 0 Å².